The summed E-state index contributed by atoms with van der Waals surface area (Å²) in [5, 5.41) is 2.28. The minimum atomic E-state index is -4.51. The molecule has 1 aliphatic heterocycles. The molecule has 1 aromatic rings. The lowest BCUT2D eigenvalue weighted by Gasteiger charge is -2.24. The fraction of sp³-hybridized carbons (Fsp3) is 0.182. The van der Waals surface area contributed by atoms with Crippen molar-refractivity contribution in [3.63, 3.8) is 0 Å². The zero-order valence-electron chi connectivity index (χ0n) is 9.96. The van der Waals surface area contributed by atoms with Gasteiger partial charge in [-0.25, -0.2) is 0 Å². The Balaban J connectivity index is 2.40. The van der Waals surface area contributed by atoms with Crippen molar-refractivity contribution >= 4 is 34.5 Å². The molecule has 2 unspecified atom stereocenters. The molecule has 0 saturated carbocycles. The predicted molar refractivity (Wildman–Crippen MR) is 68.5 cm³/mol. The second-order valence-electron chi connectivity index (χ2n) is 3.93. The molecular weight excluding hydrogens is 288 g/mol. The van der Waals surface area contributed by atoms with Gasteiger partial charge in [-0.15, -0.1) is 0 Å². The summed E-state index contributed by atoms with van der Waals surface area (Å²) in [5.74, 6) is -0.482. The van der Waals surface area contributed by atoms with Crippen LogP contribution >= 0.6 is 0 Å². The van der Waals surface area contributed by atoms with E-state index in [1.807, 2.05) is 0 Å². The van der Waals surface area contributed by atoms with Crippen molar-refractivity contribution in [1.82, 2.24) is 5.32 Å². The first kappa shape index (κ1) is 14.3. The number of carbonyl (C=O) groups is 2. The molecule has 0 radical (unpaired) electrons. The van der Waals surface area contributed by atoms with Crippen LogP contribution < -0.4 is 5.32 Å². The predicted octanol–water partition coefficient (Wildman–Crippen LogP) is -0.355. The normalized spacial score (nSPS) is 24.8. The van der Waals surface area contributed by atoms with E-state index in [4.69, 9.17) is 8.97 Å². The highest BCUT2D eigenvalue weighted by molar-refractivity contribution is 7.86. The van der Waals surface area contributed by atoms with Gasteiger partial charge < -0.3 is 4.42 Å². The van der Waals surface area contributed by atoms with Crippen molar-refractivity contribution in [3.8, 4) is 0 Å². The third kappa shape index (κ3) is 3.07. The van der Waals surface area contributed by atoms with E-state index in [9.17, 15) is 18.0 Å². The molecule has 0 aromatic carbocycles. The summed E-state index contributed by atoms with van der Waals surface area (Å²) in [7, 11) is -4.51. The van der Waals surface area contributed by atoms with Gasteiger partial charge in [-0.3, -0.25) is 24.5 Å². The summed E-state index contributed by atoms with van der Waals surface area (Å²) in [6.07, 6.45) is 4.01. The van der Waals surface area contributed by atoms with E-state index in [1.54, 1.807) is 12.1 Å². The average molecular weight is 298 g/mol. The molecule has 0 aliphatic carbocycles. The molecule has 0 spiro atoms. The summed E-state index contributed by atoms with van der Waals surface area (Å²) < 4.78 is 36.0. The lowest BCUT2D eigenvalue weighted by molar-refractivity contribution is -0.130. The van der Waals surface area contributed by atoms with Crippen LogP contribution in [0.2, 0.25) is 0 Å². The summed E-state index contributed by atoms with van der Waals surface area (Å²) in [6, 6.07) is 2.01. The van der Waals surface area contributed by atoms with E-state index >= 15 is 0 Å². The minimum Gasteiger partial charge on any atom is -0.465 e. The third-order valence-corrected chi connectivity index (χ3v) is 3.36. The van der Waals surface area contributed by atoms with E-state index in [1.165, 1.54) is 12.3 Å². The van der Waals surface area contributed by atoms with Crippen molar-refractivity contribution in [3.05, 3.63) is 29.7 Å². The number of aliphatic imine (C=N–C) groups is 1. The van der Waals surface area contributed by atoms with Gasteiger partial charge >= 0.3 is 10.1 Å². The maximum atomic E-state index is 11.5. The second-order valence-corrected chi connectivity index (χ2v) is 5.40. The van der Waals surface area contributed by atoms with Gasteiger partial charge in [0.15, 0.2) is 6.29 Å². The number of furan rings is 1. The van der Waals surface area contributed by atoms with Crippen LogP contribution in [0.15, 0.2) is 33.4 Å². The topological polar surface area (TPSA) is 126 Å². The van der Waals surface area contributed by atoms with Crippen LogP contribution in [-0.2, 0) is 19.7 Å². The molecule has 0 amide bonds. The van der Waals surface area contributed by atoms with E-state index in [0.717, 1.165) is 6.21 Å². The van der Waals surface area contributed by atoms with E-state index in [-0.39, 0.29) is 11.9 Å². The Morgan fingerprint density at radius 1 is 1.50 bits per heavy atom. The molecule has 20 heavy (non-hydrogen) atoms. The average Bonchev–Trinajstić information content (AvgIpc) is 2.90. The maximum Gasteiger partial charge on any atom is 0.302 e. The zero-order chi connectivity index (χ0) is 14.8. The summed E-state index contributed by atoms with van der Waals surface area (Å²) >= 11 is 0. The maximum absolute atomic E-state index is 11.5. The van der Waals surface area contributed by atoms with Crippen LogP contribution in [0.1, 0.15) is 5.76 Å². The first-order chi connectivity index (χ1) is 9.41. The van der Waals surface area contributed by atoms with Gasteiger partial charge in [0, 0.05) is 6.21 Å². The second kappa shape index (κ2) is 5.49. The number of nitrogens with zero attached hydrogens (tertiary/aromatic N) is 1. The fourth-order valence-electron chi connectivity index (χ4n) is 1.65. The Labute approximate surface area is 113 Å². The van der Waals surface area contributed by atoms with Crippen LogP contribution in [0.25, 0.3) is 6.08 Å². The molecule has 1 aromatic heterocycles. The van der Waals surface area contributed by atoms with Gasteiger partial charge in [0.05, 0.1) is 6.26 Å². The number of rotatable bonds is 4. The van der Waals surface area contributed by atoms with Crippen LogP contribution in [0.5, 0.6) is 0 Å². The molecule has 0 fully saturated rings. The highest BCUT2D eigenvalue weighted by atomic mass is 32.2. The first-order valence-electron chi connectivity index (χ1n) is 5.41. The Morgan fingerprint density at radius 3 is 2.80 bits per heavy atom. The van der Waals surface area contributed by atoms with Crippen molar-refractivity contribution in [1.29, 1.82) is 0 Å². The molecule has 0 saturated heterocycles. The quantitative estimate of drug-likeness (QED) is 0.441. The van der Waals surface area contributed by atoms with Crippen LogP contribution in [0.3, 0.4) is 0 Å². The standard InChI is InChI=1S/C11H10N2O6S/c14-6-9(15)10-7(4-8-2-1-3-19-8)5-12-11(13-10)20(16,17)18/h1-6,10-11,13H,(H,16,17,18). The van der Waals surface area contributed by atoms with E-state index in [2.05, 4.69) is 10.3 Å². The molecule has 106 valence electrons. The number of carbonyl (C=O) groups excluding carboxylic acids is 2. The lowest BCUT2D eigenvalue weighted by atomic mass is 10.0. The van der Waals surface area contributed by atoms with Gasteiger partial charge in [-0.2, -0.15) is 8.42 Å². The van der Waals surface area contributed by atoms with E-state index in [0.29, 0.717) is 5.76 Å². The number of ketones is 1. The van der Waals surface area contributed by atoms with Crippen molar-refractivity contribution in [2.45, 2.75) is 11.5 Å². The Morgan fingerprint density at radius 2 is 2.25 bits per heavy atom. The minimum absolute atomic E-state index is 0.0633. The van der Waals surface area contributed by atoms with Gasteiger partial charge in [-0.05, 0) is 23.8 Å². The van der Waals surface area contributed by atoms with Crippen LogP contribution in [0, 0.1) is 0 Å². The Hall–Kier alpha value is -2.10. The van der Waals surface area contributed by atoms with Gasteiger partial charge in [0.25, 0.3) is 0 Å². The molecule has 2 N–H and O–H groups in total. The monoisotopic (exact) mass is 298 g/mol. The largest absolute Gasteiger partial charge is 0.465 e. The van der Waals surface area contributed by atoms with Crippen LogP contribution in [-0.4, -0.2) is 42.8 Å². The number of aldehydes is 1. The number of Topliss-reactive ketones (excluding diaryl/α,β-unsaturated/α-hetero) is 1. The zero-order valence-corrected chi connectivity index (χ0v) is 10.8. The van der Waals surface area contributed by atoms with Crippen LogP contribution in [0.4, 0.5) is 0 Å². The smallest absolute Gasteiger partial charge is 0.302 e. The molecule has 8 nitrogen and oxygen atoms in total. The fourth-order valence-corrected chi connectivity index (χ4v) is 2.17. The summed E-state index contributed by atoms with van der Waals surface area (Å²) in [4.78, 5) is 25.7. The molecule has 0 bridgehead atoms. The van der Waals surface area contributed by atoms with Gasteiger partial charge in [0.2, 0.25) is 11.3 Å². The number of hydrogen-bond donors (Lipinski definition) is 2. The Kier molecular flexibility index (Phi) is 3.93. The molecule has 2 rings (SSSR count). The molecular formula is C11H10N2O6S. The van der Waals surface area contributed by atoms with Gasteiger partial charge in [-0.1, -0.05) is 0 Å². The molecule has 9 heteroatoms. The highest BCUT2D eigenvalue weighted by Crippen LogP contribution is 2.15. The Bertz CT molecular complexity index is 674. The lowest BCUT2D eigenvalue weighted by Crippen LogP contribution is -2.50. The number of hydrogen-bond acceptors (Lipinski definition) is 7. The van der Waals surface area contributed by atoms with Crippen molar-refractivity contribution in [2.75, 3.05) is 0 Å². The summed E-state index contributed by atoms with van der Waals surface area (Å²) in [6.45, 7) is 0. The molecule has 2 heterocycles. The van der Waals surface area contributed by atoms with E-state index < -0.39 is 27.4 Å². The number of nitrogens with one attached hydrogen (secondary N) is 1. The summed E-state index contributed by atoms with van der Waals surface area (Å²) in [5.41, 5.74) is -1.44. The first-order valence-corrected chi connectivity index (χ1v) is 6.92. The highest BCUT2D eigenvalue weighted by Gasteiger charge is 2.33. The van der Waals surface area contributed by atoms with Crippen molar-refractivity contribution < 1.29 is 27.0 Å². The molecule has 2 atom stereocenters. The van der Waals surface area contributed by atoms with Crippen molar-refractivity contribution in [2.24, 2.45) is 4.99 Å². The third-order valence-electron chi connectivity index (χ3n) is 2.54. The SMILES string of the molecule is O=CC(=O)C1NC(S(=O)(=O)O)N=CC1=Cc1ccco1. The van der Waals surface area contributed by atoms with Gasteiger partial charge in [0.1, 0.15) is 11.8 Å². The molecule has 1 aliphatic rings.